The molecule has 0 unspecified atom stereocenters. The maximum atomic E-state index is 14.6. The van der Waals surface area contributed by atoms with Crippen molar-refractivity contribution in [3.05, 3.63) is 84.4 Å². The molecular formula is C41H46N4O9. The number of nitrogens with zero attached hydrogens (tertiary/aromatic N) is 2. The summed E-state index contributed by atoms with van der Waals surface area (Å²) >= 11 is 0. The number of nitrogens with one attached hydrogen (secondary N) is 2. The third kappa shape index (κ3) is 9.38. The quantitative estimate of drug-likeness (QED) is 0.229. The molecule has 2 bridgehead atoms. The molecule has 3 aromatic carbocycles. The van der Waals surface area contributed by atoms with E-state index >= 15 is 0 Å². The van der Waals surface area contributed by atoms with Gasteiger partial charge in [0.2, 0.25) is 11.8 Å². The summed E-state index contributed by atoms with van der Waals surface area (Å²) < 4.78 is 23.6. The van der Waals surface area contributed by atoms with Crippen LogP contribution in [-0.2, 0) is 25.5 Å². The zero-order valence-electron chi connectivity index (χ0n) is 30.9. The molecule has 13 nitrogen and oxygen atoms in total. The van der Waals surface area contributed by atoms with Gasteiger partial charge < -0.3 is 39.6 Å². The Morgan fingerprint density at radius 2 is 1.80 bits per heavy atom. The summed E-state index contributed by atoms with van der Waals surface area (Å²) in [4.78, 5) is 60.4. The number of aromatic nitrogens is 1. The van der Waals surface area contributed by atoms with Crippen molar-refractivity contribution in [2.24, 2.45) is 0 Å². The predicted octanol–water partition coefficient (Wildman–Crippen LogP) is 5.53. The lowest BCUT2D eigenvalue weighted by Gasteiger charge is -2.30. The Kier molecular flexibility index (Phi) is 11.5. The highest BCUT2D eigenvalue weighted by molar-refractivity contribution is 5.94. The molecule has 0 radical (unpaired) electrons. The lowest BCUT2D eigenvalue weighted by Crippen LogP contribution is -2.56. The van der Waals surface area contributed by atoms with E-state index in [2.05, 4.69) is 10.6 Å². The highest BCUT2D eigenvalue weighted by Crippen LogP contribution is 2.35. The molecule has 3 heterocycles. The van der Waals surface area contributed by atoms with Crippen LogP contribution in [0.4, 0.5) is 4.79 Å². The summed E-state index contributed by atoms with van der Waals surface area (Å²) in [5.41, 5.74) is 2.03. The van der Waals surface area contributed by atoms with Gasteiger partial charge in [0.05, 0.1) is 31.5 Å². The largest absolute Gasteiger partial charge is 0.497 e. The molecular weight excluding hydrogens is 692 g/mol. The molecule has 3 N–H and O–H groups in total. The number of alkyl carbamates (subject to hydrolysis) is 1. The standard InChI is InChI=1S/C41H46N4O9/c1-41(2,3)54-40(50)44-34-20-25-11-10-14-28(19-25)52-18-9-8-15-31(39(48)49)43-37(46)35-22-29(24-45(35)38(34)47)53-36-23-32(26-12-6-5-7-13-26)42-33-21-27(51-4)16-17-30(33)36/h5-7,10-14,16-17,19,21,23,29,31,34-35H,8-9,15,18,20,22,24H2,1-4H3,(H,43,46)(H,44,50)(H,48,49)/t29-,31-,34-,35+/m1/s1. The number of rotatable bonds is 6. The average molecular weight is 739 g/mol. The number of carbonyl (C=O) groups is 4. The minimum atomic E-state index is -1.19. The molecule has 54 heavy (non-hydrogen) atoms. The van der Waals surface area contributed by atoms with Crippen molar-refractivity contribution in [3.63, 3.8) is 0 Å². The molecule has 4 aromatic rings. The molecule has 4 atom stereocenters. The zero-order chi connectivity index (χ0) is 38.4. The fraction of sp³-hybridized carbons (Fsp3) is 0.390. The smallest absolute Gasteiger partial charge is 0.408 e. The number of fused-ring (bicyclic) bond motifs is 4. The van der Waals surface area contributed by atoms with Crippen molar-refractivity contribution in [2.45, 2.75) is 82.7 Å². The van der Waals surface area contributed by atoms with Gasteiger partial charge in [-0.15, -0.1) is 0 Å². The van der Waals surface area contributed by atoms with E-state index in [0.29, 0.717) is 53.3 Å². The van der Waals surface area contributed by atoms with E-state index in [4.69, 9.17) is 23.9 Å². The number of carboxylic acid groups (broad SMARTS) is 1. The summed E-state index contributed by atoms with van der Waals surface area (Å²) in [6, 6.07) is 20.7. The molecule has 6 rings (SSSR count). The molecule has 0 spiro atoms. The predicted molar refractivity (Wildman–Crippen MR) is 200 cm³/mol. The van der Waals surface area contributed by atoms with Crippen molar-refractivity contribution in [1.82, 2.24) is 20.5 Å². The van der Waals surface area contributed by atoms with Gasteiger partial charge in [-0.3, -0.25) is 9.59 Å². The molecule has 3 amide bonds. The number of carboxylic acids is 1. The van der Waals surface area contributed by atoms with Crippen LogP contribution in [0.1, 0.15) is 52.0 Å². The summed E-state index contributed by atoms with van der Waals surface area (Å²) in [6.45, 7) is 5.47. The van der Waals surface area contributed by atoms with E-state index in [9.17, 15) is 24.3 Å². The van der Waals surface area contributed by atoms with E-state index in [0.717, 1.165) is 11.1 Å². The molecule has 1 fully saturated rings. The third-order valence-electron chi connectivity index (χ3n) is 9.29. The number of pyridine rings is 1. The Morgan fingerprint density at radius 1 is 1.00 bits per heavy atom. The number of aliphatic carboxylic acids is 1. The van der Waals surface area contributed by atoms with Crippen molar-refractivity contribution in [2.75, 3.05) is 20.3 Å². The van der Waals surface area contributed by atoms with E-state index in [-0.39, 0.29) is 25.8 Å². The summed E-state index contributed by atoms with van der Waals surface area (Å²) in [5, 5.41) is 16.2. The highest BCUT2D eigenvalue weighted by Gasteiger charge is 2.44. The van der Waals surface area contributed by atoms with E-state index in [1.54, 1.807) is 52.1 Å². The van der Waals surface area contributed by atoms with Crippen LogP contribution in [0, 0.1) is 0 Å². The van der Waals surface area contributed by atoms with Crippen LogP contribution >= 0.6 is 0 Å². The molecule has 2 aliphatic rings. The number of methoxy groups -OCH3 is 1. The molecule has 1 aromatic heterocycles. The summed E-state index contributed by atoms with van der Waals surface area (Å²) in [7, 11) is 1.58. The average Bonchev–Trinajstić information content (AvgIpc) is 3.56. The van der Waals surface area contributed by atoms with Gasteiger partial charge in [-0.1, -0.05) is 42.5 Å². The van der Waals surface area contributed by atoms with Crippen molar-refractivity contribution in [1.29, 1.82) is 0 Å². The minimum absolute atomic E-state index is 0.0229. The Hall–Kier alpha value is -5.85. The van der Waals surface area contributed by atoms with Gasteiger partial charge in [0, 0.05) is 35.9 Å². The monoisotopic (exact) mass is 738 g/mol. The number of hydrogen-bond donors (Lipinski definition) is 3. The van der Waals surface area contributed by atoms with E-state index < -0.39 is 53.7 Å². The molecule has 0 aliphatic carbocycles. The summed E-state index contributed by atoms with van der Waals surface area (Å²) in [6.07, 6.45) is -0.135. The Labute approximate surface area is 313 Å². The number of benzene rings is 3. The molecule has 1 saturated heterocycles. The van der Waals surface area contributed by atoms with Gasteiger partial charge >= 0.3 is 12.1 Å². The third-order valence-corrected chi connectivity index (χ3v) is 9.29. The second-order valence-corrected chi connectivity index (χ2v) is 14.5. The minimum Gasteiger partial charge on any atom is -0.497 e. The Balaban J connectivity index is 1.37. The fourth-order valence-electron chi connectivity index (χ4n) is 6.73. The Bertz CT molecular complexity index is 2000. The number of amides is 3. The van der Waals surface area contributed by atoms with Crippen molar-refractivity contribution >= 4 is 34.8 Å². The maximum Gasteiger partial charge on any atom is 0.408 e. The second-order valence-electron chi connectivity index (χ2n) is 14.5. The fourth-order valence-corrected chi connectivity index (χ4v) is 6.73. The first-order valence-electron chi connectivity index (χ1n) is 18.1. The molecule has 0 saturated carbocycles. The maximum absolute atomic E-state index is 14.6. The lowest BCUT2D eigenvalue weighted by molar-refractivity contribution is -0.144. The molecule has 2 aliphatic heterocycles. The van der Waals surface area contributed by atoms with Crippen LogP contribution in [-0.4, -0.2) is 89.0 Å². The van der Waals surface area contributed by atoms with Gasteiger partial charge in [0.1, 0.15) is 47.1 Å². The van der Waals surface area contributed by atoms with Gasteiger partial charge in [0.15, 0.2) is 0 Å². The normalized spacial score (nSPS) is 21.0. The van der Waals surface area contributed by atoms with Crippen LogP contribution in [0.25, 0.3) is 22.2 Å². The van der Waals surface area contributed by atoms with Crippen LogP contribution in [0.2, 0.25) is 0 Å². The topological polar surface area (TPSA) is 166 Å². The zero-order valence-corrected chi connectivity index (χ0v) is 30.9. The van der Waals surface area contributed by atoms with Crippen LogP contribution in [0.5, 0.6) is 17.2 Å². The van der Waals surface area contributed by atoms with Crippen LogP contribution < -0.4 is 24.8 Å². The SMILES string of the molecule is COc1ccc2c(O[C@@H]3C[C@H]4C(=O)N[C@@H](C(=O)O)CCCCOc5cccc(c5)C[C@@H](NC(=O)OC(C)(C)C)C(=O)N4C3)cc(-c3ccccc3)nc2c1. The number of ether oxygens (including phenoxy) is 4. The highest BCUT2D eigenvalue weighted by atomic mass is 16.6. The van der Waals surface area contributed by atoms with E-state index in [1.807, 2.05) is 54.6 Å². The Morgan fingerprint density at radius 3 is 2.54 bits per heavy atom. The van der Waals surface area contributed by atoms with Gasteiger partial charge in [-0.05, 0) is 69.9 Å². The first kappa shape index (κ1) is 37.9. The lowest BCUT2D eigenvalue weighted by atomic mass is 10.0. The first-order valence-corrected chi connectivity index (χ1v) is 18.1. The van der Waals surface area contributed by atoms with Gasteiger partial charge in [0.25, 0.3) is 0 Å². The van der Waals surface area contributed by atoms with Crippen LogP contribution in [0.15, 0.2) is 78.9 Å². The second kappa shape index (κ2) is 16.4. The van der Waals surface area contributed by atoms with Gasteiger partial charge in [-0.25, -0.2) is 14.6 Å². The van der Waals surface area contributed by atoms with Crippen molar-refractivity contribution in [3.8, 4) is 28.5 Å². The van der Waals surface area contributed by atoms with E-state index in [1.165, 1.54) is 4.90 Å². The van der Waals surface area contributed by atoms with Crippen molar-refractivity contribution < 1.29 is 43.2 Å². The first-order chi connectivity index (χ1) is 25.9. The van der Waals surface area contributed by atoms with Crippen LogP contribution in [0.3, 0.4) is 0 Å². The van der Waals surface area contributed by atoms with Gasteiger partial charge in [-0.2, -0.15) is 0 Å². The number of hydrogen-bond acceptors (Lipinski definition) is 9. The molecule has 13 heteroatoms. The molecule has 284 valence electrons. The summed E-state index contributed by atoms with van der Waals surface area (Å²) in [5.74, 6) is -0.676. The number of carbonyl (C=O) groups excluding carboxylic acids is 3.